The largest absolute Gasteiger partial charge is 0.359 e. The minimum atomic E-state index is -1.81. The highest BCUT2D eigenvalue weighted by molar-refractivity contribution is 6.14. The molecule has 0 aromatic carbocycles. The number of hydrogen-bond acceptors (Lipinski definition) is 3. The highest BCUT2D eigenvalue weighted by Gasteiger charge is 2.25. The molecule has 0 amide bonds. The van der Waals surface area contributed by atoms with Crippen molar-refractivity contribution >= 4 is 5.71 Å². The van der Waals surface area contributed by atoms with Gasteiger partial charge in [-0.15, -0.1) is 0 Å². The highest BCUT2D eigenvalue weighted by atomic mass is 16.5. The van der Waals surface area contributed by atoms with Gasteiger partial charge in [0.15, 0.2) is 0 Å². The topological polar surface area (TPSA) is 52.8 Å². The van der Waals surface area contributed by atoms with E-state index in [-0.39, 0.29) is 0 Å². The van der Waals surface area contributed by atoms with Crippen LogP contribution in [-0.2, 0) is 0 Å². The summed E-state index contributed by atoms with van der Waals surface area (Å²) in [5.74, 6) is -1.81. The zero-order chi connectivity index (χ0) is 8.77. The van der Waals surface area contributed by atoms with E-state index in [4.69, 9.17) is 0 Å². The van der Waals surface area contributed by atoms with E-state index in [0.717, 1.165) is 16.9 Å². The van der Waals surface area contributed by atoms with E-state index in [9.17, 15) is 10.2 Å². The lowest BCUT2D eigenvalue weighted by molar-refractivity contribution is -0.0746. The second kappa shape index (κ2) is 2.15. The maximum Gasteiger partial charge on any atom is 0.204 e. The summed E-state index contributed by atoms with van der Waals surface area (Å²) < 4.78 is 0. The molecule has 62 valence electrons. The van der Waals surface area contributed by atoms with Crippen LogP contribution in [0.2, 0.25) is 0 Å². The summed E-state index contributed by atoms with van der Waals surface area (Å²) in [7, 11) is 0. The summed E-state index contributed by atoms with van der Waals surface area (Å²) in [6, 6.07) is 0. The van der Waals surface area contributed by atoms with Crippen LogP contribution in [-0.4, -0.2) is 21.7 Å². The van der Waals surface area contributed by atoms with Gasteiger partial charge in [-0.2, -0.15) is 0 Å². The van der Waals surface area contributed by atoms with Crippen molar-refractivity contribution in [1.29, 1.82) is 0 Å². The SMILES string of the molecule is CC1=CN=C2C=CC(O)(O)C=C12. The number of hydrogen-bond donors (Lipinski definition) is 2. The number of fused-ring (bicyclic) bond motifs is 1. The van der Waals surface area contributed by atoms with Crippen LogP contribution < -0.4 is 0 Å². The molecular weight excluding hydrogens is 154 g/mol. The Kier molecular flexibility index (Phi) is 1.34. The van der Waals surface area contributed by atoms with Gasteiger partial charge < -0.3 is 10.2 Å². The number of nitrogens with zero attached hydrogens (tertiary/aromatic N) is 1. The minimum Gasteiger partial charge on any atom is -0.359 e. The van der Waals surface area contributed by atoms with Gasteiger partial charge in [-0.05, 0) is 30.7 Å². The van der Waals surface area contributed by atoms with E-state index in [1.54, 1.807) is 12.3 Å². The number of aliphatic hydroxyl groups is 2. The molecule has 2 rings (SSSR count). The summed E-state index contributed by atoms with van der Waals surface area (Å²) in [4.78, 5) is 4.08. The molecule has 0 radical (unpaired) electrons. The summed E-state index contributed by atoms with van der Waals surface area (Å²) in [5, 5.41) is 18.5. The van der Waals surface area contributed by atoms with E-state index in [1.165, 1.54) is 12.2 Å². The zero-order valence-electron chi connectivity index (χ0n) is 6.65. The van der Waals surface area contributed by atoms with E-state index in [0.29, 0.717) is 0 Å². The van der Waals surface area contributed by atoms with Gasteiger partial charge in [0.05, 0.1) is 5.71 Å². The molecule has 1 heterocycles. The summed E-state index contributed by atoms with van der Waals surface area (Å²) in [6.45, 7) is 1.89. The van der Waals surface area contributed by atoms with Crippen molar-refractivity contribution in [2.24, 2.45) is 4.99 Å². The molecule has 3 nitrogen and oxygen atoms in total. The van der Waals surface area contributed by atoms with Crippen molar-refractivity contribution in [1.82, 2.24) is 0 Å². The van der Waals surface area contributed by atoms with Gasteiger partial charge in [-0.1, -0.05) is 0 Å². The fraction of sp³-hybridized carbons (Fsp3) is 0.222. The molecule has 0 saturated heterocycles. The van der Waals surface area contributed by atoms with Crippen LogP contribution in [0.25, 0.3) is 0 Å². The third-order valence-corrected chi connectivity index (χ3v) is 1.94. The molecule has 0 atom stereocenters. The van der Waals surface area contributed by atoms with E-state index in [2.05, 4.69) is 4.99 Å². The van der Waals surface area contributed by atoms with Crippen LogP contribution in [0.5, 0.6) is 0 Å². The van der Waals surface area contributed by atoms with Crippen molar-refractivity contribution in [3.05, 3.63) is 35.6 Å². The van der Waals surface area contributed by atoms with Crippen LogP contribution in [0.15, 0.2) is 40.6 Å². The standard InChI is InChI=1S/C9H9NO2/c1-6-5-10-8-2-3-9(11,12)4-7(6)8/h2-5,11-12H,1H3. The van der Waals surface area contributed by atoms with E-state index < -0.39 is 5.79 Å². The first-order valence-corrected chi connectivity index (χ1v) is 3.71. The molecule has 0 aromatic rings. The molecule has 12 heavy (non-hydrogen) atoms. The summed E-state index contributed by atoms with van der Waals surface area (Å²) in [5.41, 5.74) is 2.57. The van der Waals surface area contributed by atoms with Gasteiger partial charge in [0.2, 0.25) is 5.79 Å². The molecule has 2 N–H and O–H groups in total. The Hall–Kier alpha value is -1.19. The first-order chi connectivity index (χ1) is 5.58. The number of rotatable bonds is 0. The summed E-state index contributed by atoms with van der Waals surface area (Å²) >= 11 is 0. The Morgan fingerprint density at radius 2 is 2.17 bits per heavy atom. The zero-order valence-corrected chi connectivity index (χ0v) is 6.65. The Bertz CT molecular complexity index is 346. The molecule has 0 fully saturated rings. The smallest absolute Gasteiger partial charge is 0.204 e. The second-order valence-electron chi connectivity index (χ2n) is 3.00. The van der Waals surface area contributed by atoms with Crippen LogP contribution >= 0.6 is 0 Å². The lowest BCUT2D eigenvalue weighted by atomic mass is 9.97. The lowest BCUT2D eigenvalue weighted by Crippen LogP contribution is -2.26. The van der Waals surface area contributed by atoms with Crippen molar-refractivity contribution in [2.45, 2.75) is 12.7 Å². The Morgan fingerprint density at radius 1 is 1.42 bits per heavy atom. The van der Waals surface area contributed by atoms with E-state index in [1.807, 2.05) is 6.92 Å². The first-order valence-electron chi connectivity index (χ1n) is 3.71. The van der Waals surface area contributed by atoms with Gasteiger partial charge in [-0.25, -0.2) is 0 Å². The third-order valence-electron chi connectivity index (χ3n) is 1.94. The van der Waals surface area contributed by atoms with E-state index >= 15 is 0 Å². The molecule has 0 saturated carbocycles. The van der Waals surface area contributed by atoms with Gasteiger partial charge >= 0.3 is 0 Å². The van der Waals surface area contributed by atoms with Crippen LogP contribution in [0.4, 0.5) is 0 Å². The van der Waals surface area contributed by atoms with Gasteiger partial charge in [0.1, 0.15) is 0 Å². The monoisotopic (exact) mass is 163 g/mol. The van der Waals surface area contributed by atoms with Crippen LogP contribution in [0.1, 0.15) is 6.92 Å². The molecule has 0 aromatic heterocycles. The molecule has 2 aliphatic rings. The van der Waals surface area contributed by atoms with Crippen LogP contribution in [0, 0.1) is 0 Å². The maximum absolute atomic E-state index is 9.25. The van der Waals surface area contributed by atoms with Crippen molar-refractivity contribution < 1.29 is 10.2 Å². The van der Waals surface area contributed by atoms with Gasteiger partial charge in [0.25, 0.3) is 0 Å². The molecule has 0 spiro atoms. The molecule has 3 heteroatoms. The molecule has 1 aliphatic carbocycles. The van der Waals surface area contributed by atoms with Crippen molar-refractivity contribution in [3.8, 4) is 0 Å². The number of allylic oxidation sites excluding steroid dienone is 3. The van der Waals surface area contributed by atoms with Crippen molar-refractivity contribution in [2.75, 3.05) is 0 Å². The maximum atomic E-state index is 9.25. The quantitative estimate of drug-likeness (QED) is 0.511. The fourth-order valence-corrected chi connectivity index (χ4v) is 1.29. The molecule has 0 unspecified atom stereocenters. The predicted octanol–water partition coefficient (Wildman–Crippen LogP) is 0.522. The third kappa shape index (κ3) is 1.03. The average Bonchev–Trinajstić information content (AvgIpc) is 2.31. The average molecular weight is 163 g/mol. The Morgan fingerprint density at radius 3 is 2.92 bits per heavy atom. The highest BCUT2D eigenvalue weighted by Crippen LogP contribution is 2.26. The summed E-state index contributed by atoms with van der Waals surface area (Å²) in [6.07, 6.45) is 6.03. The Balaban J connectivity index is 2.47. The first kappa shape index (κ1) is 7.46. The minimum absolute atomic E-state index is 0.797. The second-order valence-corrected chi connectivity index (χ2v) is 3.00. The van der Waals surface area contributed by atoms with Crippen LogP contribution in [0.3, 0.4) is 0 Å². The van der Waals surface area contributed by atoms with Crippen molar-refractivity contribution in [3.63, 3.8) is 0 Å². The molecule has 0 bridgehead atoms. The number of aliphatic imine (C=N–C) groups is 1. The predicted molar refractivity (Wildman–Crippen MR) is 45.6 cm³/mol. The van der Waals surface area contributed by atoms with Gasteiger partial charge in [-0.3, -0.25) is 4.99 Å². The molecule has 1 aliphatic heterocycles. The Labute approximate surface area is 70.1 Å². The fourth-order valence-electron chi connectivity index (χ4n) is 1.29. The lowest BCUT2D eigenvalue weighted by Gasteiger charge is -2.18. The molecular formula is C9H9NO2. The normalized spacial score (nSPS) is 24.4. The van der Waals surface area contributed by atoms with Gasteiger partial charge in [0, 0.05) is 11.8 Å².